The summed E-state index contributed by atoms with van der Waals surface area (Å²) >= 11 is 1.36. The van der Waals surface area contributed by atoms with Crippen LogP contribution in [0.1, 0.15) is 40.3 Å². The second-order valence-electron chi connectivity index (χ2n) is 11.8. The zero-order chi connectivity index (χ0) is 32.8. The Labute approximate surface area is 280 Å². The molecule has 1 aromatic heterocycles. The fourth-order valence-electron chi connectivity index (χ4n) is 6.80. The molecule has 1 aliphatic carbocycles. The molecule has 0 saturated carbocycles. The summed E-state index contributed by atoms with van der Waals surface area (Å²) in [4.78, 5) is 20.4. The van der Waals surface area contributed by atoms with Crippen molar-refractivity contribution in [2.75, 3.05) is 14.2 Å². The molecule has 0 saturated heterocycles. The molecule has 0 amide bonds. The van der Waals surface area contributed by atoms with E-state index in [1.54, 1.807) is 32.4 Å². The predicted molar refractivity (Wildman–Crippen MR) is 187 cm³/mol. The third kappa shape index (κ3) is 5.09. The third-order valence-corrected chi connectivity index (χ3v) is 10.1. The number of allylic oxidation sites excluding steroid dienone is 1. The van der Waals surface area contributed by atoms with Crippen molar-refractivity contribution in [3.8, 4) is 17.2 Å². The van der Waals surface area contributed by atoms with Crippen molar-refractivity contribution in [3.63, 3.8) is 0 Å². The molecule has 5 aromatic carbocycles. The quantitative estimate of drug-likeness (QED) is 0.183. The first-order chi connectivity index (χ1) is 23.5. The van der Waals surface area contributed by atoms with Crippen LogP contribution in [-0.4, -0.2) is 18.8 Å². The molecule has 0 radical (unpaired) electrons. The van der Waals surface area contributed by atoms with Crippen LogP contribution < -0.4 is 29.1 Å². The van der Waals surface area contributed by atoms with Crippen LogP contribution in [0.4, 0.5) is 4.39 Å². The van der Waals surface area contributed by atoms with Crippen molar-refractivity contribution >= 4 is 33.9 Å². The normalized spacial score (nSPS) is 15.4. The van der Waals surface area contributed by atoms with Crippen molar-refractivity contribution in [2.24, 2.45) is 4.99 Å². The van der Waals surface area contributed by atoms with Crippen LogP contribution in [0, 0.1) is 5.82 Å². The lowest BCUT2D eigenvalue weighted by molar-refractivity contribution is 0.299. The summed E-state index contributed by atoms with van der Waals surface area (Å²) in [6.07, 6.45) is 3.53. The molecule has 8 heteroatoms. The Bertz CT molecular complexity index is 2440. The van der Waals surface area contributed by atoms with Gasteiger partial charge in [0.05, 0.1) is 30.5 Å². The van der Waals surface area contributed by atoms with Crippen LogP contribution in [0.25, 0.3) is 22.5 Å². The lowest BCUT2D eigenvalue weighted by atomic mass is 9.83. The van der Waals surface area contributed by atoms with Crippen LogP contribution in [0.5, 0.6) is 17.2 Å². The van der Waals surface area contributed by atoms with Crippen molar-refractivity contribution in [3.05, 3.63) is 162 Å². The Morgan fingerprint density at radius 3 is 2.50 bits per heavy atom. The molecule has 8 rings (SSSR count). The first-order valence-electron chi connectivity index (χ1n) is 15.8. The molecule has 0 bridgehead atoms. The highest BCUT2D eigenvalue weighted by atomic mass is 32.1. The van der Waals surface area contributed by atoms with Gasteiger partial charge in [-0.3, -0.25) is 9.36 Å². The van der Waals surface area contributed by atoms with E-state index in [4.69, 9.17) is 19.2 Å². The highest BCUT2D eigenvalue weighted by Gasteiger charge is 2.33. The summed E-state index contributed by atoms with van der Waals surface area (Å²) in [7, 11) is 3.23. The van der Waals surface area contributed by atoms with E-state index in [1.165, 1.54) is 23.0 Å². The maximum Gasteiger partial charge on any atom is 0.271 e. The van der Waals surface area contributed by atoms with Crippen molar-refractivity contribution in [1.82, 2.24) is 4.57 Å². The maximum absolute atomic E-state index is 14.6. The van der Waals surface area contributed by atoms with E-state index in [-0.39, 0.29) is 24.0 Å². The first-order valence-corrected chi connectivity index (χ1v) is 16.6. The van der Waals surface area contributed by atoms with Crippen molar-refractivity contribution < 1.29 is 18.6 Å². The highest BCUT2D eigenvalue weighted by molar-refractivity contribution is 7.07. The number of ether oxygens (including phenoxy) is 3. The van der Waals surface area contributed by atoms with Gasteiger partial charge in [-0.15, -0.1) is 0 Å². The number of thiazole rings is 1. The van der Waals surface area contributed by atoms with E-state index in [0.29, 0.717) is 32.1 Å². The summed E-state index contributed by atoms with van der Waals surface area (Å²) in [6, 6.07) is 32.2. The average molecular weight is 655 g/mol. The molecule has 0 spiro atoms. The van der Waals surface area contributed by atoms with Gasteiger partial charge in [0, 0.05) is 16.7 Å². The Kier molecular flexibility index (Phi) is 7.65. The molecule has 6 nitrogen and oxygen atoms in total. The number of aryl methyl sites for hydroxylation is 1. The minimum atomic E-state index is -0.379. The molecule has 2 aliphatic rings. The topological polar surface area (TPSA) is 62.0 Å². The standard InChI is InChI=1S/C40H31FN2O4S/c1-45-34-20-17-26(21-35(34)46-2)38-30-18-15-25-10-4-7-13-29(25)37(30)42-40-43(38)39(44)36(48-40)22-31-28-12-6-3-9-24(28)16-19-33(31)47-23-27-11-5-8-14-32(27)41/h3-14,16-17,19-22,38H,15,18,23H2,1-2H3/b36-22+/t38-/m1/s1. The molecule has 0 N–H and O–H groups in total. The Hall–Kier alpha value is -5.47. The average Bonchev–Trinajstić information content (AvgIpc) is 3.44. The van der Waals surface area contributed by atoms with Crippen LogP contribution in [-0.2, 0) is 13.0 Å². The van der Waals surface area contributed by atoms with Gasteiger partial charge < -0.3 is 14.2 Å². The lowest BCUT2D eigenvalue weighted by Gasteiger charge is -2.31. The van der Waals surface area contributed by atoms with Crippen LogP contribution in [0.2, 0.25) is 0 Å². The molecule has 0 unspecified atom stereocenters. The van der Waals surface area contributed by atoms with Gasteiger partial charge in [0.25, 0.3) is 5.56 Å². The Balaban J connectivity index is 1.33. The minimum Gasteiger partial charge on any atom is -0.493 e. The summed E-state index contributed by atoms with van der Waals surface area (Å²) in [5.41, 5.74) is 6.35. The van der Waals surface area contributed by atoms with Gasteiger partial charge in [0.15, 0.2) is 16.3 Å². The van der Waals surface area contributed by atoms with Gasteiger partial charge in [-0.25, -0.2) is 9.38 Å². The number of fused-ring (bicyclic) bond motifs is 4. The molecule has 238 valence electrons. The number of rotatable bonds is 7. The molecule has 2 heterocycles. The number of hydrogen-bond acceptors (Lipinski definition) is 6. The molecule has 0 fully saturated rings. The van der Waals surface area contributed by atoms with Gasteiger partial charge in [-0.05, 0) is 70.7 Å². The number of methoxy groups -OCH3 is 2. The first kappa shape index (κ1) is 29.9. The second kappa shape index (κ2) is 12.3. The Morgan fingerprint density at radius 1 is 0.875 bits per heavy atom. The van der Waals surface area contributed by atoms with Crippen LogP contribution >= 0.6 is 11.3 Å². The van der Waals surface area contributed by atoms with Crippen LogP contribution in [0.15, 0.2) is 118 Å². The van der Waals surface area contributed by atoms with Gasteiger partial charge in [0.1, 0.15) is 18.2 Å². The fourth-order valence-corrected chi connectivity index (χ4v) is 7.78. The van der Waals surface area contributed by atoms with Gasteiger partial charge in [0.2, 0.25) is 0 Å². The summed E-state index contributed by atoms with van der Waals surface area (Å²) in [6.45, 7) is 0.0541. The number of benzene rings is 5. The third-order valence-electron chi connectivity index (χ3n) is 9.14. The van der Waals surface area contributed by atoms with Gasteiger partial charge in [-0.2, -0.15) is 0 Å². The molecule has 48 heavy (non-hydrogen) atoms. The zero-order valence-corrected chi connectivity index (χ0v) is 27.2. The zero-order valence-electron chi connectivity index (χ0n) is 26.4. The van der Waals surface area contributed by atoms with E-state index in [2.05, 4.69) is 18.2 Å². The fraction of sp³-hybridized carbons (Fsp3) is 0.150. The summed E-state index contributed by atoms with van der Waals surface area (Å²) in [5, 5.41) is 1.93. The van der Waals surface area contributed by atoms with Gasteiger partial charge in [-0.1, -0.05) is 90.2 Å². The molecular formula is C40H31FN2O4S. The van der Waals surface area contributed by atoms with E-state index < -0.39 is 0 Å². The number of hydrogen-bond donors (Lipinski definition) is 0. The SMILES string of the molecule is COc1ccc([C@@H]2C3=C(N=c4s/c(=C/c5c(OCc6ccccc6F)ccc6ccccc56)c(=O)n42)c2ccccc2CC3)cc1OC. The minimum absolute atomic E-state index is 0.0541. The smallest absolute Gasteiger partial charge is 0.271 e. The maximum atomic E-state index is 14.6. The molecular weight excluding hydrogens is 624 g/mol. The number of nitrogens with zero attached hydrogens (tertiary/aromatic N) is 2. The predicted octanol–water partition coefficient (Wildman–Crippen LogP) is 7.21. The van der Waals surface area contributed by atoms with Crippen molar-refractivity contribution in [1.29, 1.82) is 0 Å². The molecule has 1 aliphatic heterocycles. The molecule has 1 atom stereocenters. The van der Waals surface area contributed by atoms with Gasteiger partial charge >= 0.3 is 0 Å². The summed E-state index contributed by atoms with van der Waals surface area (Å²) < 4.78 is 34.3. The van der Waals surface area contributed by atoms with E-state index in [1.807, 2.05) is 71.3 Å². The van der Waals surface area contributed by atoms with E-state index in [0.717, 1.165) is 51.6 Å². The van der Waals surface area contributed by atoms with Crippen LogP contribution in [0.3, 0.4) is 0 Å². The van der Waals surface area contributed by atoms with E-state index in [9.17, 15) is 9.18 Å². The number of halogens is 1. The number of aromatic nitrogens is 1. The van der Waals surface area contributed by atoms with E-state index >= 15 is 0 Å². The Morgan fingerprint density at radius 2 is 1.65 bits per heavy atom. The van der Waals surface area contributed by atoms with Crippen molar-refractivity contribution in [2.45, 2.75) is 25.5 Å². The lowest BCUT2D eigenvalue weighted by Crippen LogP contribution is -2.38. The monoisotopic (exact) mass is 654 g/mol. The second-order valence-corrected chi connectivity index (χ2v) is 12.8. The molecule has 6 aromatic rings. The summed E-state index contributed by atoms with van der Waals surface area (Å²) in [5.74, 6) is 1.46. The highest BCUT2D eigenvalue weighted by Crippen LogP contribution is 2.43. The largest absolute Gasteiger partial charge is 0.493 e.